The van der Waals surface area contributed by atoms with Crippen LogP contribution < -0.4 is 14.5 Å². The fourth-order valence-corrected chi connectivity index (χ4v) is 14.3. The van der Waals surface area contributed by atoms with Crippen molar-refractivity contribution in [3.8, 4) is 5.75 Å². The molecule has 77 heavy (non-hydrogen) atoms. The van der Waals surface area contributed by atoms with Crippen molar-refractivity contribution in [2.75, 3.05) is 9.80 Å². The van der Waals surface area contributed by atoms with Crippen molar-refractivity contribution in [3.05, 3.63) is 298 Å². The van der Waals surface area contributed by atoms with Gasteiger partial charge in [-0.3, -0.25) is 0 Å². The van der Waals surface area contributed by atoms with Crippen molar-refractivity contribution in [1.82, 2.24) is 0 Å². The van der Waals surface area contributed by atoms with Gasteiger partial charge in [-0.25, -0.2) is 0 Å². The maximum absolute atomic E-state index is 7.55. The Kier molecular flexibility index (Phi) is 10.9. The molecule has 7 aromatic carbocycles. The summed E-state index contributed by atoms with van der Waals surface area (Å²) < 4.78 is 22.4. The largest absolute Gasteiger partial charge is 0.482 e. The third-order valence-corrected chi connectivity index (χ3v) is 17.7. The van der Waals surface area contributed by atoms with Gasteiger partial charge in [0, 0.05) is 68.9 Å². The van der Waals surface area contributed by atoms with Crippen molar-refractivity contribution in [2.24, 2.45) is 23.7 Å². The molecule has 0 aromatic heterocycles. The predicted octanol–water partition coefficient (Wildman–Crippen LogP) is 16.6. The van der Waals surface area contributed by atoms with Crippen molar-refractivity contribution in [1.29, 1.82) is 0 Å². The molecule has 3 aliphatic heterocycles. The highest BCUT2D eigenvalue weighted by atomic mass is 16.5. The lowest BCUT2D eigenvalue weighted by molar-refractivity contribution is 0.0314. The molecule has 2 fully saturated rings. The highest BCUT2D eigenvalue weighted by Gasteiger charge is 2.53. The second-order valence-corrected chi connectivity index (χ2v) is 22.3. The highest BCUT2D eigenvalue weighted by Crippen LogP contribution is 2.61. The first kappa shape index (κ1) is 46.1. The van der Waals surface area contributed by atoms with Crippen molar-refractivity contribution in [3.63, 3.8) is 0 Å². The normalized spacial score (nSPS) is 26.4. The zero-order valence-electron chi connectivity index (χ0n) is 43.8. The molecular weight excluding hydrogens is 941 g/mol. The first-order chi connectivity index (χ1) is 37.9. The van der Waals surface area contributed by atoms with Gasteiger partial charge >= 0.3 is 0 Å². The van der Waals surface area contributed by atoms with Crippen LogP contribution in [0.25, 0.3) is 22.5 Å². The number of rotatable bonds is 8. The van der Waals surface area contributed by atoms with E-state index in [0.29, 0.717) is 0 Å². The summed E-state index contributed by atoms with van der Waals surface area (Å²) in [5, 5.41) is 0. The molecule has 0 spiro atoms. The smallest absolute Gasteiger partial charge is 0.148 e. The Bertz CT molecular complexity index is 3840. The van der Waals surface area contributed by atoms with Crippen LogP contribution in [-0.4, -0.2) is 18.3 Å². The summed E-state index contributed by atoms with van der Waals surface area (Å²) in [5.74, 6) is 1.35. The topological polar surface area (TPSA) is 34.2 Å². The van der Waals surface area contributed by atoms with Crippen LogP contribution >= 0.6 is 0 Å². The van der Waals surface area contributed by atoms with Gasteiger partial charge in [0.25, 0.3) is 0 Å². The molecule has 0 bridgehead atoms. The Hall–Kier alpha value is -8.22. The SMILES string of the molecule is Cc1cccc(N(C2=CC3C(OC4c5ccccc5C(N(c5cccc(C)c5)c5cccc6c5OC5C(c7ccccc7C)=CC=CC65)=CC43)c3ccccc32)C2=CC=CC3C2OC2C(c4ccccc4C)=CC=CC23)c1. The molecule has 0 amide bonds. The van der Waals surface area contributed by atoms with E-state index in [9.17, 15) is 0 Å². The summed E-state index contributed by atoms with van der Waals surface area (Å²) in [4.78, 5) is 5.02. The lowest BCUT2D eigenvalue weighted by atomic mass is 9.74. The van der Waals surface area contributed by atoms with Gasteiger partial charge in [-0.2, -0.15) is 0 Å². The Morgan fingerprint density at radius 2 is 0.883 bits per heavy atom. The average molecular weight is 1000 g/mol. The minimum Gasteiger partial charge on any atom is -0.482 e. The molecule has 0 radical (unpaired) electrons. The minimum atomic E-state index is -0.183. The van der Waals surface area contributed by atoms with Gasteiger partial charge < -0.3 is 24.0 Å². The monoisotopic (exact) mass is 1000 g/mol. The van der Waals surface area contributed by atoms with Crippen LogP contribution in [0.4, 0.5) is 17.1 Å². The molecular formula is C72H60N2O3. The molecule has 376 valence electrons. The van der Waals surface area contributed by atoms with Crippen molar-refractivity contribution >= 4 is 39.6 Å². The number of allylic oxidation sites excluding steroid dienone is 6. The van der Waals surface area contributed by atoms with Gasteiger partial charge in [-0.15, -0.1) is 0 Å². The Balaban J connectivity index is 0.874. The standard InChI is InChI=1S/C72H60N2O3/c1-43-19-13-23-47(39-43)73(63-37-17-35-59-57-33-15-31-53(67(57)76-71(59)63)49-25-7-5-21-45(49)3)65-41-61-62-42-66(52-28-10-12-30-56(52)70(62)75-69(61)55-29-11-9-27-51(55)65)74(48-24-14-20-44(2)40-48)64-38-18-36-60-58-34-16-32-54(68(58)77-72(60)64)50-26-8-6-22-46(50)4/h5-42,57-59,61-62,67-71H,1-4H3. The summed E-state index contributed by atoms with van der Waals surface area (Å²) in [6.07, 6.45) is 25.0. The number of nitrogens with zero attached hydrogens (tertiary/aromatic N) is 2. The zero-order chi connectivity index (χ0) is 51.5. The van der Waals surface area contributed by atoms with E-state index in [1.165, 1.54) is 72.3 Å². The lowest BCUT2D eigenvalue weighted by Crippen LogP contribution is -2.35. The molecule has 0 saturated carbocycles. The third-order valence-electron chi connectivity index (χ3n) is 17.7. The Labute approximate surface area is 452 Å². The number of ether oxygens (including phenoxy) is 3. The van der Waals surface area contributed by atoms with Crippen LogP contribution in [0.2, 0.25) is 0 Å². The summed E-state index contributed by atoms with van der Waals surface area (Å²) in [5.41, 5.74) is 22.5. The van der Waals surface area contributed by atoms with Crippen molar-refractivity contribution in [2.45, 2.75) is 64.1 Å². The molecule has 8 aliphatic rings. The summed E-state index contributed by atoms with van der Waals surface area (Å²) >= 11 is 0. The van der Waals surface area contributed by atoms with Gasteiger partial charge in [0.15, 0.2) is 0 Å². The number of para-hydroxylation sites is 1. The van der Waals surface area contributed by atoms with Crippen LogP contribution in [0, 0.1) is 51.4 Å². The highest BCUT2D eigenvalue weighted by molar-refractivity contribution is 5.94. The van der Waals surface area contributed by atoms with Gasteiger partial charge in [0.1, 0.15) is 18.0 Å². The zero-order valence-corrected chi connectivity index (χ0v) is 43.8. The molecule has 0 N–H and O–H groups in total. The molecule has 5 nitrogen and oxygen atoms in total. The van der Waals surface area contributed by atoms with Gasteiger partial charge in [0.05, 0.1) is 35.4 Å². The number of benzene rings is 7. The molecule has 3 heterocycles. The van der Waals surface area contributed by atoms with Gasteiger partial charge in [-0.1, -0.05) is 194 Å². The molecule has 5 heteroatoms. The van der Waals surface area contributed by atoms with E-state index in [1.54, 1.807) is 0 Å². The van der Waals surface area contributed by atoms with E-state index in [2.05, 4.69) is 268 Å². The first-order valence-corrected chi connectivity index (χ1v) is 27.6. The molecule has 5 aliphatic carbocycles. The lowest BCUT2D eigenvalue weighted by Gasteiger charge is -2.40. The third kappa shape index (κ3) is 7.35. The molecule has 15 rings (SSSR count). The van der Waals surface area contributed by atoms with E-state index in [0.717, 1.165) is 39.9 Å². The quantitative estimate of drug-likeness (QED) is 0.152. The van der Waals surface area contributed by atoms with E-state index in [4.69, 9.17) is 14.2 Å². The second-order valence-electron chi connectivity index (χ2n) is 22.3. The van der Waals surface area contributed by atoms with Crippen LogP contribution in [0.1, 0.15) is 79.3 Å². The summed E-state index contributed by atoms with van der Waals surface area (Å²) in [6.45, 7) is 8.79. The maximum atomic E-state index is 7.55. The Morgan fingerprint density at radius 3 is 1.51 bits per heavy atom. The molecule has 2 saturated heterocycles. The van der Waals surface area contributed by atoms with Crippen LogP contribution in [0.15, 0.2) is 236 Å². The number of hydrogen-bond donors (Lipinski definition) is 0. The average Bonchev–Trinajstić information content (AvgIpc) is 4.36. The van der Waals surface area contributed by atoms with Gasteiger partial charge in [-0.05, 0) is 114 Å². The van der Waals surface area contributed by atoms with E-state index < -0.39 is 0 Å². The number of anilines is 3. The maximum Gasteiger partial charge on any atom is 0.148 e. The number of fused-ring (bicyclic) bond motifs is 13. The van der Waals surface area contributed by atoms with E-state index in [-0.39, 0.29) is 60.1 Å². The van der Waals surface area contributed by atoms with Crippen LogP contribution in [0.5, 0.6) is 5.75 Å². The molecule has 10 atom stereocenters. The number of aryl methyl sites for hydroxylation is 4. The van der Waals surface area contributed by atoms with Crippen molar-refractivity contribution < 1.29 is 14.2 Å². The second kappa shape index (κ2) is 18.2. The van der Waals surface area contributed by atoms with Gasteiger partial charge in [0.2, 0.25) is 0 Å². The molecule has 7 aromatic rings. The predicted molar refractivity (Wildman–Crippen MR) is 312 cm³/mol. The molecule has 10 unspecified atom stereocenters. The van der Waals surface area contributed by atoms with E-state index >= 15 is 0 Å². The van der Waals surface area contributed by atoms with Crippen LogP contribution in [0.3, 0.4) is 0 Å². The van der Waals surface area contributed by atoms with E-state index in [1.807, 2.05) is 0 Å². The summed E-state index contributed by atoms with van der Waals surface area (Å²) in [7, 11) is 0. The minimum absolute atomic E-state index is 0.00592. The fourth-order valence-electron chi connectivity index (χ4n) is 14.3. The fraction of sp³-hybridized carbons (Fsp3) is 0.194. The summed E-state index contributed by atoms with van der Waals surface area (Å²) in [6, 6.07) is 60.0. The Morgan fingerprint density at radius 1 is 0.390 bits per heavy atom. The number of hydrogen-bond acceptors (Lipinski definition) is 5. The van der Waals surface area contributed by atoms with Crippen LogP contribution in [-0.2, 0) is 9.47 Å². The first-order valence-electron chi connectivity index (χ1n) is 27.6.